The maximum Gasteiger partial charge on any atom is 0.318 e. The number of carbonyl (C=O) groups is 1. The van der Waals surface area contributed by atoms with Crippen molar-refractivity contribution in [1.82, 2.24) is 10.2 Å². The zero-order chi connectivity index (χ0) is 12.4. The number of benzene rings is 1. The van der Waals surface area contributed by atoms with Gasteiger partial charge in [-0.05, 0) is 24.0 Å². The number of hydrogen-bond donors (Lipinski definition) is 1. The SMILES string of the molecule is O=C(N[C@H]1CCc2ccccc21)N1CCOCC1. The monoisotopic (exact) mass is 246 g/mol. The molecule has 4 heteroatoms. The maximum absolute atomic E-state index is 12.1. The Balaban J connectivity index is 1.65. The highest BCUT2D eigenvalue weighted by Crippen LogP contribution is 2.30. The van der Waals surface area contributed by atoms with Gasteiger partial charge in [-0.2, -0.15) is 0 Å². The van der Waals surface area contributed by atoms with Crippen LogP contribution in [0.5, 0.6) is 0 Å². The zero-order valence-electron chi connectivity index (χ0n) is 10.4. The van der Waals surface area contributed by atoms with Crippen LogP contribution in [0.4, 0.5) is 4.79 Å². The first-order valence-corrected chi connectivity index (χ1v) is 6.55. The third-order valence-electron chi connectivity index (χ3n) is 3.73. The second kappa shape index (κ2) is 4.98. The molecule has 1 aliphatic carbocycles. The van der Waals surface area contributed by atoms with Gasteiger partial charge in [-0.1, -0.05) is 24.3 Å². The van der Waals surface area contributed by atoms with E-state index < -0.39 is 0 Å². The lowest BCUT2D eigenvalue weighted by Gasteiger charge is -2.28. The molecule has 1 heterocycles. The Morgan fingerprint density at radius 2 is 2.06 bits per heavy atom. The van der Waals surface area contributed by atoms with E-state index in [1.54, 1.807) is 0 Å². The molecule has 1 saturated heterocycles. The molecule has 1 aromatic carbocycles. The van der Waals surface area contributed by atoms with Crippen molar-refractivity contribution in [3.8, 4) is 0 Å². The molecule has 1 fully saturated rings. The number of aryl methyl sites for hydroxylation is 1. The third kappa shape index (κ3) is 2.20. The number of amides is 2. The van der Waals surface area contributed by atoms with E-state index >= 15 is 0 Å². The number of morpholine rings is 1. The van der Waals surface area contributed by atoms with Crippen LogP contribution < -0.4 is 5.32 Å². The van der Waals surface area contributed by atoms with Crippen LogP contribution in [0.15, 0.2) is 24.3 Å². The lowest BCUT2D eigenvalue weighted by Crippen LogP contribution is -2.46. The van der Waals surface area contributed by atoms with Gasteiger partial charge in [0.05, 0.1) is 19.3 Å². The lowest BCUT2D eigenvalue weighted by atomic mass is 10.1. The molecular formula is C14H18N2O2. The summed E-state index contributed by atoms with van der Waals surface area (Å²) in [6.07, 6.45) is 2.07. The minimum absolute atomic E-state index is 0.0417. The van der Waals surface area contributed by atoms with Gasteiger partial charge in [0.1, 0.15) is 0 Å². The van der Waals surface area contributed by atoms with Gasteiger partial charge in [-0.3, -0.25) is 0 Å². The highest BCUT2D eigenvalue weighted by atomic mass is 16.5. The van der Waals surface area contributed by atoms with Crippen LogP contribution in [0.2, 0.25) is 0 Å². The van der Waals surface area contributed by atoms with Gasteiger partial charge < -0.3 is 15.0 Å². The van der Waals surface area contributed by atoms with E-state index in [1.165, 1.54) is 11.1 Å². The standard InChI is InChI=1S/C14H18N2O2/c17-14(16-7-9-18-10-8-16)15-13-6-5-11-3-1-2-4-12(11)13/h1-4,13H,5-10H2,(H,15,17)/t13-/m0/s1. The number of hydrogen-bond acceptors (Lipinski definition) is 2. The van der Waals surface area contributed by atoms with Gasteiger partial charge in [0.15, 0.2) is 0 Å². The van der Waals surface area contributed by atoms with E-state index in [9.17, 15) is 4.79 Å². The van der Waals surface area contributed by atoms with E-state index in [-0.39, 0.29) is 12.1 Å². The van der Waals surface area contributed by atoms with Crippen molar-refractivity contribution in [3.05, 3.63) is 35.4 Å². The molecule has 96 valence electrons. The number of rotatable bonds is 1. The minimum atomic E-state index is 0.0417. The fourth-order valence-electron chi connectivity index (χ4n) is 2.71. The quantitative estimate of drug-likeness (QED) is 0.819. The molecule has 0 radical (unpaired) electrons. The van der Waals surface area contributed by atoms with Gasteiger partial charge >= 0.3 is 6.03 Å². The molecule has 0 spiro atoms. The number of urea groups is 1. The van der Waals surface area contributed by atoms with Crippen molar-refractivity contribution >= 4 is 6.03 Å². The first-order valence-electron chi connectivity index (χ1n) is 6.55. The molecule has 18 heavy (non-hydrogen) atoms. The smallest absolute Gasteiger partial charge is 0.318 e. The summed E-state index contributed by atoms with van der Waals surface area (Å²) in [6, 6.07) is 8.59. The van der Waals surface area contributed by atoms with Crippen molar-refractivity contribution in [1.29, 1.82) is 0 Å². The molecule has 0 bridgehead atoms. The molecule has 0 saturated carbocycles. The van der Waals surface area contributed by atoms with Crippen molar-refractivity contribution in [2.45, 2.75) is 18.9 Å². The van der Waals surface area contributed by atoms with Gasteiger partial charge in [-0.15, -0.1) is 0 Å². The van der Waals surface area contributed by atoms with Gasteiger partial charge in [-0.25, -0.2) is 4.79 Å². The Kier molecular flexibility index (Phi) is 3.19. The summed E-state index contributed by atoms with van der Waals surface area (Å²) in [5.74, 6) is 0. The van der Waals surface area contributed by atoms with Gasteiger partial charge in [0.2, 0.25) is 0 Å². The second-order valence-corrected chi connectivity index (χ2v) is 4.84. The topological polar surface area (TPSA) is 41.6 Å². The van der Waals surface area contributed by atoms with Crippen LogP contribution in [0.1, 0.15) is 23.6 Å². The van der Waals surface area contributed by atoms with Crippen LogP contribution in [-0.4, -0.2) is 37.2 Å². The summed E-state index contributed by atoms with van der Waals surface area (Å²) >= 11 is 0. The Hall–Kier alpha value is -1.55. The first-order chi connectivity index (χ1) is 8.84. The van der Waals surface area contributed by atoms with Crippen LogP contribution in [0, 0.1) is 0 Å². The second-order valence-electron chi connectivity index (χ2n) is 4.84. The average molecular weight is 246 g/mol. The predicted octanol–water partition coefficient (Wildman–Crippen LogP) is 1.72. The summed E-state index contributed by atoms with van der Waals surface area (Å²) in [5.41, 5.74) is 2.64. The Morgan fingerprint density at radius 3 is 2.89 bits per heavy atom. The van der Waals surface area contributed by atoms with Crippen LogP contribution in [-0.2, 0) is 11.2 Å². The Bertz CT molecular complexity index is 441. The first kappa shape index (κ1) is 11.5. The molecule has 3 rings (SSSR count). The minimum Gasteiger partial charge on any atom is -0.378 e. The number of nitrogens with one attached hydrogen (secondary N) is 1. The normalized spacial score (nSPS) is 22.7. The predicted molar refractivity (Wildman–Crippen MR) is 68.4 cm³/mol. The molecule has 2 amide bonds. The molecular weight excluding hydrogens is 228 g/mol. The fourth-order valence-corrected chi connectivity index (χ4v) is 2.71. The number of carbonyl (C=O) groups excluding carboxylic acids is 1. The van der Waals surface area contributed by atoms with E-state index in [0.717, 1.165) is 12.8 Å². The number of ether oxygens (including phenoxy) is 1. The highest BCUT2D eigenvalue weighted by Gasteiger charge is 2.25. The Labute approximate surface area is 107 Å². The van der Waals surface area contributed by atoms with Crippen LogP contribution in [0.25, 0.3) is 0 Å². The molecule has 1 atom stereocenters. The molecule has 1 aliphatic heterocycles. The van der Waals surface area contributed by atoms with Crippen molar-refractivity contribution in [2.75, 3.05) is 26.3 Å². The summed E-state index contributed by atoms with van der Waals surface area (Å²) in [5, 5.41) is 3.14. The van der Waals surface area contributed by atoms with Crippen LogP contribution >= 0.6 is 0 Å². The van der Waals surface area contributed by atoms with Crippen molar-refractivity contribution < 1.29 is 9.53 Å². The average Bonchev–Trinajstić information content (AvgIpc) is 2.83. The molecule has 4 nitrogen and oxygen atoms in total. The number of nitrogens with zero attached hydrogens (tertiary/aromatic N) is 1. The lowest BCUT2D eigenvalue weighted by molar-refractivity contribution is 0.0525. The van der Waals surface area contributed by atoms with E-state index in [2.05, 4.69) is 23.5 Å². The van der Waals surface area contributed by atoms with E-state index in [4.69, 9.17) is 4.74 Å². The fraction of sp³-hybridized carbons (Fsp3) is 0.500. The summed E-state index contributed by atoms with van der Waals surface area (Å²) in [6.45, 7) is 2.68. The van der Waals surface area contributed by atoms with Crippen molar-refractivity contribution in [3.63, 3.8) is 0 Å². The summed E-state index contributed by atoms with van der Waals surface area (Å²) < 4.78 is 5.25. The summed E-state index contributed by atoms with van der Waals surface area (Å²) in [4.78, 5) is 14.0. The Morgan fingerprint density at radius 1 is 1.28 bits per heavy atom. The van der Waals surface area contributed by atoms with E-state index in [0.29, 0.717) is 26.3 Å². The maximum atomic E-state index is 12.1. The van der Waals surface area contributed by atoms with E-state index in [1.807, 2.05) is 11.0 Å². The molecule has 1 N–H and O–H groups in total. The zero-order valence-corrected chi connectivity index (χ0v) is 10.4. The molecule has 0 aromatic heterocycles. The molecule has 2 aliphatic rings. The third-order valence-corrected chi connectivity index (χ3v) is 3.73. The van der Waals surface area contributed by atoms with Gasteiger partial charge in [0, 0.05) is 13.1 Å². The number of fused-ring (bicyclic) bond motifs is 1. The highest BCUT2D eigenvalue weighted by molar-refractivity contribution is 5.75. The largest absolute Gasteiger partial charge is 0.378 e. The van der Waals surface area contributed by atoms with Gasteiger partial charge in [0.25, 0.3) is 0 Å². The van der Waals surface area contributed by atoms with Crippen LogP contribution in [0.3, 0.4) is 0 Å². The van der Waals surface area contributed by atoms with Crippen molar-refractivity contribution in [2.24, 2.45) is 0 Å². The molecule has 0 unspecified atom stereocenters. The molecule has 1 aromatic rings. The summed E-state index contributed by atoms with van der Waals surface area (Å²) in [7, 11) is 0.